The number of anilines is 1. The van der Waals surface area contributed by atoms with Crippen LogP contribution in [0.15, 0.2) is 18.2 Å². The minimum absolute atomic E-state index is 0.299. The molecule has 0 spiro atoms. The average Bonchev–Trinajstić information content (AvgIpc) is 2.20. The summed E-state index contributed by atoms with van der Waals surface area (Å²) in [6.07, 6.45) is 1.96. The van der Waals surface area contributed by atoms with Gasteiger partial charge in [-0.3, -0.25) is 0 Å². The summed E-state index contributed by atoms with van der Waals surface area (Å²) in [4.78, 5) is 11.1. The normalized spacial score (nSPS) is 25.0. The van der Waals surface area contributed by atoms with Crippen LogP contribution in [-0.4, -0.2) is 12.8 Å². The molecule has 1 N–H and O–H groups in total. The van der Waals surface area contributed by atoms with E-state index in [0.29, 0.717) is 0 Å². The predicted molar refractivity (Wildman–Crippen MR) is 57.7 cm³/mol. The van der Waals surface area contributed by atoms with Gasteiger partial charge in [-0.1, -0.05) is 18.2 Å². The number of aldehydes is 1. The second-order valence-electron chi connectivity index (χ2n) is 4.21. The lowest BCUT2D eigenvalue weighted by Gasteiger charge is -2.32. The molecule has 1 atom stereocenters. The summed E-state index contributed by atoms with van der Waals surface area (Å²) in [5.41, 5.74) is 3.20. The van der Waals surface area contributed by atoms with Crippen LogP contribution in [0.4, 0.5) is 5.69 Å². The Hall–Kier alpha value is -1.31. The molecule has 2 nitrogen and oxygen atoms in total. The molecule has 0 saturated carbocycles. The van der Waals surface area contributed by atoms with Crippen LogP contribution in [0.2, 0.25) is 0 Å². The number of fused-ring (bicyclic) bond motifs is 1. The molecule has 74 valence electrons. The van der Waals surface area contributed by atoms with Gasteiger partial charge in [-0.05, 0) is 31.4 Å². The van der Waals surface area contributed by atoms with Crippen molar-refractivity contribution in [2.45, 2.75) is 25.7 Å². The van der Waals surface area contributed by atoms with Gasteiger partial charge in [0, 0.05) is 12.2 Å². The molecule has 14 heavy (non-hydrogen) atoms. The Morgan fingerprint density at radius 1 is 1.50 bits per heavy atom. The molecule has 0 saturated heterocycles. The van der Waals surface area contributed by atoms with Crippen LogP contribution in [0.3, 0.4) is 0 Å². The SMILES string of the molecule is Cc1cccc2c1NCCC2(C)C=O. The third kappa shape index (κ3) is 1.22. The number of para-hydroxylation sites is 1. The van der Waals surface area contributed by atoms with E-state index in [0.717, 1.165) is 30.5 Å². The highest BCUT2D eigenvalue weighted by Crippen LogP contribution is 2.36. The van der Waals surface area contributed by atoms with E-state index in [1.165, 1.54) is 5.56 Å². The number of carbonyl (C=O) groups is 1. The third-order valence-electron chi connectivity index (χ3n) is 3.09. The molecule has 2 heteroatoms. The fourth-order valence-corrected chi connectivity index (χ4v) is 2.08. The summed E-state index contributed by atoms with van der Waals surface area (Å²) in [5.74, 6) is 0. The molecular weight excluding hydrogens is 174 g/mol. The lowest BCUT2D eigenvalue weighted by Crippen LogP contribution is -2.32. The Morgan fingerprint density at radius 2 is 2.29 bits per heavy atom. The number of hydrogen-bond acceptors (Lipinski definition) is 2. The van der Waals surface area contributed by atoms with Gasteiger partial charge in [0.05, 0.1) is 5.41 Å². The van der Waals surface area contributed by atoms with Crippen molar-refractivity contribution in [1.29, 1.82) is 0 Å². The van der Waals surface area contributed by atoms with Crippen LogP contribution in [0, 0.1) is 6.92 Å². The lowest BCUT2D eigenvalue weighted by molar-refractivity contribution is -0.112. The van der Waals surface area contributed by atoms with Gasteiger partial charge in [0.1, 0.15) is 6.29 Å². The van der Waals surface area contributed by atoms with Gasteiger partial charge >= 0.3 is 0 Å². The molecular formula is C12H15NO. The van der Waals surface area contributed by atoms with E-state index < -0.39 is 0 Å². The average molecular weight is 189 g/mol. The molecule has 0 fully saturated rings. The zero-order chi connectivity index (χ0) is 10.2. The van der Waals surface area contributed by atoms with E-state index in [9.17, 15) is 4.79 Å². The zero-order valence-electron chi connectivity index (χ0n) is 8.63. The second-order valence-corrected chi connectivity index (χ2v) is 4.21. The van der Waals surface area contributed by atoms with Gasteiger partial charge < -0.3 is 10.1 Å². The highest BCUT2D eigenvalue weighted by molar-refractivity contribution is 5.76. The van der Waals surface area contributed by atoms with E-state index >= 15 is 0 Å². The summed E-state index contributed by atoms with van der Waals surface area (Å²) >= 11 is 0. The van der Waals surface area contributed by atoms with Crippen LogP contribution < -0.4 is 5.32 Å². The zero-order valence-corrected chi connectivity index (χ0v) is 8.63. The largest absolute Gasteiger partial charge is 0.385 e. The Kier molecular flexibility index (Phi) is 2.06. The summed E-state index contributed by atoms with van der Waals surface area (Å²) in [6, 6.07) is 6.13. The van der Waals surface area contributed by atoms with Crippen molar-refractivity contribution in [3.63, 3.8) is 0 Å². The lowest BCUT2D eigenvalue weighted by atomic mass is 9.77. The first-order chi connectivity index (χ1) is 6.67. The topological polar surface area (TPSA) is 29.1 Å². The molecule has 0 amide bonds. The van der Waals surface area contributed by atoms with E-state index in [2.05, 4.69) is 18.3 Å². The maximum Gasteiger partial charge on any atom is 0.130 e. The van der Waals surface area contributed by atoms with Crippen LogP contribution in [0.5, 0.6) is 0 Å². The Labute approximate surface area is 84.3 Å². The second kappa shape index (κ2) is 3.12. The van der Waals surface area contributed by atoms with E-state index in [1.54, 1.807) is 0 Å². The van der Waals surface area contributed by atoms with Gasteiger partial charge in [-0.2, -0.15) is 0 Å². The number of benzene rings is 1. The first-order valence-corrected chi connectivity index (χ1v) is 4.98. The molecule has 0 radical (unpaired) electrons. The summed E-state index contributed by atoms with van der Waals surface area (Å²) in [6.45, 7) is 4.97. The number of nitrogens with one attached hydrogen (secondary N) is 1. The molecule has 0 aromatic heterocycles. The number of carbonyl (C=O) groups excluding carboxylic acids is 1. The van der Waals surface area contributed by atoms with Crippen molar-refractivity contribution in [3.8, 4) is 0 Å². The fraction of sp³-hybridized carbons (Fsp3) is 0.417. The summed E-state index contributed by atoms with van der Waals surface area (Å²) in [5, 5.41) is 3.36. The van der Waals surface area contributed by atoms with Crippen molar-refractivity contribution >= 4 is 12.0 Å². The summed E-state index contributed by atoms with van der Waals surface area (Å²) < 4.78 is 0. The van der Waals surface area contributed by atoms with Gasteiger partial charge in [-0.25, -0.2) is 0 Å². The monoisotopic (exact) mass is 189 g/mol. The Bertz CT molecular complexity index is 373. The molecule has 1 heterocycles. The minimum Gasteiger partial charge on any atom is -0.385 e. The molecule has 1 aliphatic rings. The first kappa shape index (κ1) is 9.25. The van der Waals surface area contributed by atoms with Crippen LogP contribution in [0.25, 0.3) is 0 Å². The number of hydrogen-bond donors (Lipinski definition) is 1. The Morgan fingerprint density at radius 3 is 3.00 bits per heavy atom. The Balaban J connectivity index is 2.60. The maximum atomic E-state index is 11.1. The van der Waals surface area contributed by atoms with Crippen molar-refractivity contribution in [3.05, 3.63) is 29.3 Å². The standard InChI is InChI=1S/C12H15NO/c1-9-4-3-5-10-11(9)13-7-6-12(10,2)8-14/h3-5,8,13H,6-7H2,1-2H3. The van der Waals surface area contributed by atoms with Crippen molar-refractivity contribution in [2.75, 3.05) is 11.9 Å². The minimum atomic E-state index is -0.299. The van der Waals surface area contributed by atoms with E-state index in [4.69, 9.17) is 0 Å². The maximum absolute atomic E-state index is 11.1. The van der Waals surface area contributed by atoms with Crippen LogP contribution in [-0.2, 0) is 10.2 Å². The molecule has 1 unspecified atom stereocenters. The van der Waals surface area contributed by atoms with Gasteiger partial charge in [0.15, 0.2) is 0 Å². The van der Waals surface area contributed by atoms with Crippen LogP contribution in [0.1, 0.15) is 24.5 Å². The quantitative estimate of drug-likeness (QED) is 0.687. The molecule has 1 aliphatic heterocycles. The van der Waals surface area contributed by atoms with Gasteiger partial charge in [0.25, 0.3) is 0 Å². The van der Waals surface area contributed by atoms with E-state index in [-0.39, 0.29) is 5.41 Å². The molecule has 0 aliphatic carbocycles. The predicted octanol–water partition coefficient (Wildman–Crippen LogP) is 2.27. The van der Waals surface area contributed by atoms with Crippen molar-refractivity contribution in [2.24, 2.45) is 0 Å². The number of rotatable bonds is 1. The molecule has 2 rings (SSSR count). The highest BCUT2D eigenvalue weighted by Gasteiger charge is 2.31. The van der Waals surface area contributed by atoms with Crippen molar-refractivity contribution in [1.82, 2.24) is 0 Å². The van der Waals surface area contributed by atoms with Gasteiger partial charge in [-0.15, -0.1) is 0 Å². The van der Waals surface area contributed by atoms with Crippen molar-refractivity contribution < 1.29 is 4.79 Å². The fourth-order valence-electron chi connectivity index (χ4n) is 2.08. The summed E-state index contributed by atoms with van der Waals surface area (Å²) in [7, 11) is 0. The van der Waals surface area contributed by atoms with Crippen LogP contribution >= 0.6 is 0 Å². The molecule has 1 aromatic rings. The van der Waals surface area contributed by atoms with Gasteiger partial charge in [0.2, 0.25) is 0 Å². The first-order valence-electron chi connectivity index (χ1n) is 4.98. The smallest absolute Gasteiger partial charge is 0.130 e. The van der Waals surface area contributed by atoms with E-state index in [1.807, 2.05) is 19.1 Å². The highest BCUT2D eigenvalue weighted by atomic mass is 16.1. The molecule has 1 aromatic carbocycles. The number of aryl methyl sites for hydroxylation is 1. The molecule has 0 bridgehead atoms. The third-order valence-corrected chi connectivity index (χ3v) is 3.09.